The van der Waals surface area contributed by atoms with E-state index in [1.54, 1.807) is 18.2 Å². The quantitative estimate of drug-likeness (QED) is 0.707. The maximum atomic E-state index is 11.9. The Hall–Kier alpha value is -1.88. The number of rotatable bonds is 7. The Morgan fingerprint density at radius 3 is 2.62 bits per heavy atom. The molecule has 0 spiro atoms. The van der Waals surface area contributed by atoms with Crippen LogP contribution in [0.1, 0.15) is 36.2 Å². The van der Waals surface area contributed by atoms with Gasteiger partial charge in [0, 0.05) is 12.1 Å². The van der Waals surface area contributed by atoms with Gasteiger partial charge in [0.1, 0.15) is 0 Å². The molecule has 1 rings (SSSR count). The number of aliphatic hydroxyl groups is 1. The van der Waals surface area contributed by atoms with Gasteiger partial charge in [-0.25, -0.2) is 0 Å². The molecule has 21 heavy (non-hydrogen) atoms. The second-order valence-electron chi connectivity index (χ2n) is 5.31. The second-order valence-corrected chi connectivity index (χ2v) is 5.31. The number of nitrogens with one attached hydrogen (secondary N) is 2. The summed E-state index contributed by atoms with van der Waals surface area (Å²) in [6.45, 7) is 5.92. The lowest BCUT2D eigenvalue weighted by atomic mass is 10.0. The van der Waals surface area contributed by atoms with Crippen molar-refractivity contribution in [2.45, 2.75) is 33.3 Å². The van der Waals surface area contributed by atoms with Crippen molar-refractivity contribution in [1.82, 2.24) is 10.6 Å². The lowest BCUT2D eigenvalue weighted by Gasteiger charge is -2.17. The van der Waals surface area contributed by atoms with Crippen LogP contribution in [0.5, 0.6) is 0 Å². The van der Waals surface area contributed by atoms with Crippen LogP contribution in [0.3, 0.4) is 0 Å². The van der Waals surface area contributed by atoms with Gasteiger partial charge in [-0.05, 0) is 25.0 Å². The maximum absolute atomic E-state index is 11.9. The highest BCUT2D eigenvalue weighted by Gasteiger charge is 2.14. The van der Waals surface area contributed by atoms with Crippen LogP contribution in [0.4, 0.5) is 0 Å². The van der Waals surface area contributed by atoms with Gasteiger partial charge in [-0.15, -0.1) is 0 Å². The van der Waals surface area contributed by atoms with Gasteiger partial charge in [-0.3, -0.25) is 9.59 Å². The maximum Gasteiger partial charge on any atom is 0.251 e. The Balaban J connectivity index is 2.34. The van der Waals surface area contributed by atoms with E-state index in [0.717, 1.165) is 12.0 Å². The zero-order valence-electron chi connectivity index (χ0n) is 12.8. The number of aliphatic hydroxyl groups excluding tert-OH is 1. The summed E-state index contributed by atoms with van der Waals surface area (Å²) in [5, 5.41) is 14.9. The fraction of sp³-hybridized carbons (Fsp3) is 0.500. The smallest absolute Gasteiger partial charge is 0.251 e. The molecule has 116 valence electrons. The summed E-state index contributed by atoms with van der Waals surface area (Å²) in [5.74, 6) is -0.457. The monoisotopic (exact) mass is 292 g/mol. The van der Waals surface area contributed by atoms with Gasteiger partial charge in [-0.1, -0.05) is 38.0 Å². The molecule has 0 aliphatic heterocycles. The van der Waals surface area contributed by atoms with E-state index in [0.29, 0.717) is 5.56 Å². The van der Waals surface area contributed by atoms with Crippen LogP contribution in [0.2, 0.25) is 0 Å². The zero-order chi connectivity index (χ0) is 15.8. The number of amides is 2. The molecule has 3 N–H and O–H groups in total. The summed E-state index contributed by atoms with van der Waals surface area (Å²) in [6.07, 6.45) is 0.285. The first-order valence-corrected chi connectivity index (χ1v) is 7.23. The topological polar surface area (TPSA) is 78.4 Å². The van der Waals surface area contributed by atoms with Crippen LogP contribution in [0, 0.1) is 12.8 Å². The van der Waals surface area contributed by atoms with Crippen molar-refractivity contribution in [3.05, 3.63) is 35.4 Å². The van der Waals surface area contributed by atoms with Crippen molar-refractivity contribution >= 4 is 11.8 Å². The van der Waals surface area contributed by atoms with E-state index in [2.05, 4.69) is 10.6 Å². The molecule has 2 unspecified atom stereocenters. The summed E-state index contributed by atoms with van der Waals surface area (Å²) in [5.41, 5.74) is 1.52. The van der Waals surface area contributed by atoms with Crippen LogP contribution in [0.15, 0.2) is 24.3 Å². The molecule has 1 aromatic carbocycles. The molecule has 0 heterocycles. The number of carbonyl (C=O) groups excluding carboxylic acids is 2. The molecule has 2 amide bonds. The number of hydrogen-bond acceptors (Lipinski definition) is 3. The lowest BCUT2D eigenvalue weighted by Crippen LogP contribution is -2.41. The molecule has 0 aromatic heterocycles. The molecule has 0 fully saturated rings. The van der Waals surface area contributed by atoms with Gasteiger partial charge >= 0.3 is 0 Å². The minimum atomic E-state index is -0.563. The summed E-state index contributed by atoms with van der Waals surface area (Å²) in [7, 11) is 0. The van der Waals surface area contributed by atoms with E-state index in [-0.39, 0.29) is 30.8 Å². The predicted octanol–water partition coefficient (Wildman–Crippen LogP) is 1.25. The first-order valence-electron chi connectivity index (χ1n) is 7.23. The Morgan fingerprint density at radius 1 is 1.29 bits per heavy atom. The third kappa shape index (κ3) is 5.95. The van der Waals surface area contributed by atoms with E-state index in [1.165, 1.54) is 0 Å². The molecule has 0 saturated heterocycles. The normalized spacial score (nSPS) is 13.3. The Morgan fingerprint density at radius 2 is 2.00 bits per heavy atom. The highest BCUT2D eigenvalue weighted by atomic mass is 16.3. The average molecular weight is 292 g/mol. The van der Waals surface area contributed by atoms with E-state index >= 15 is 0 Å². The SMILES string of the molecule is CCC(C)C(O)CNC(=O)CNC(=O)c1cccc(C)c1. The van der Waals surface area contributed by atoms with Gasteiger partial charge in [-0.2, -0.15) is 0 Å². The Bertz CT molecular complexity index is 488. The Labute approximate surface area is 125 Å². The van der Waals surface area contributed by atoms with E-state index in [9.17, 15) is 14.7 Å². The van der Waals surface area contributed by atoms with E-state index in [4.69, 9.17) is 0 Å². The van der Waals surface area contributed by atoms with Crippen molar-refractivity contribution in [3.8, 4) is 0 Å². The fourth-order valence-electron chi connectivity index (χ4n) is 1.80. The van der Waals surface area contributed by atoms with Gasteiger partial charge < -0.3 is 15.7 Å². The summed E-state index contributed by atoms with van der Waals surface area (Å²) in [4.78, 5) is 23.5. The van der Waals surface area contributed by atoms with Crippen molar-refractivity contribution in [2.75, 3.05) is 13.1 Å². The zero-order valence-corrected chi connectivity index (χ0v) is 12.8. The number of hydrogen-bond donors (Lipinski definition) is 3. The second kappa shape index (κ2) is 8.42. The van der Waals surface area contributed by atoms with Gasteiger partial charge in [0.2, 0.25) is 5.91 Å². The molecular weight excluding hydrogens is 268 g/mol. The number of carbonyl (C=O) groups is 2. The number of aryl methyl sites for hydroxylation is 1. The van der Waals surface area contributed by atoms with Gasteiger partial charge in [0.15, 0.2) is 0 Å². The fourth-order valence-corrected chi connectivity index (χ4v) is 1.80. The first-order chi connectivity index (χ1) is 9.93. The Kier molecular flexibility index (Phi) is 6.88. The highest BCUT2D eigenvalue weighted by Crippen LogP contribution is 2.06. The third-order valence-corrected chi connectivity index (χ3v) is 3.50. The molecular formula is C16H24N2O3. The van der Waals surface area contributed by atoms with Crippen LogP contribution in [-0.2, 0) is 4.79 Å². The van der Waals surface area contributed by atoms with Crippen LogP contribution >= 0.6 is 0 Å². The van der Waals surface area contributed by atoms with E-state index in [1.807, 2.05) is 26.8 Å². The summed E-state index contributed by atoms with van der Waals surface area (Å²) in [6, 6.07) is 7.17. The first kappa shape index (κ1) is 17.2. The van der Waals surface area contributed by atoms with Crippen molar-refractivity contribution in [2.24, 2.45) is 5.92 Å². The molecule has 1 aromatic rings. The minimum absolute atomic E-state index is 0.0972. The molecule has 0 aliphatic rings. The van der Waals surface area contributed by atoms with Crippen molar-refractivity contribution in [3.63, 3.8) is 0 Å². The third-order valence-electron chi connectivity index (χ3n) is 3.50. The van der Waals surface area contributed by atoms with Gasteiger partial charge in [0.25, 0.3) is 5.91 Å². The average Bonchev–Trinajstić information content (AvgIpc) is 2.49. The minimum Gasteiger partial charge on any atom is -0.391 e. The molecule has 0 saturated carbocycles. The van der Waals surface area contributed by atoms with Crippen molar-refractivity contribution < 1.29 is 14.7 Å². The number of benzene rings is 1. The highest BCUT2D eigenvalue weighted by molar-refractivity contribution is 5.96. The molecule has 0 aliphatic carbocycles. The van der Waals surface area contributed by atoms with Crippen LogP contribution in [0.25, 0.3) is 0 Å². The van der Waals surface area contributed by atoms with Gasteiger partial charge in [0.05, 0.1) is 12.6 Å². The molecule has 5 nitrogen and oxygen atoms in total. The lowest BCUT2D eigenvalue weighted by molar-refractivity contribution is -0.120. The molecule has 0 bridgehead atoms. The summed E-state index contributed by atoms with van der Waals surface area (Å²) < 4.78 is 0. The summed E-state index contributed by atoms with van der Waals surface area (Å²) >= 11 is 0. The van der Waals surface area contributed by atoms with Crippen LogP contribution in [-0.4, -0.2) is 36.1 Å². The molecule has 0 radical (unpaired) electrons. The predicted molar refractivity (Wildman–Crippen MR) is 82.0 cm³/mol. The van der Waals surface area contributed by atoms with Crippen LogP contribution < -0.4 is 10.6 Å². The molecule has 2 atom stereocenters. The van der Waals surface area contributed by atoms with E-state index < -0.39 is 6.10 Å². The standard InChI is InChI=1S/C16H24N2O3/c1-4-12(3)14(19)9-17-15(20)10-18-16(21)13-7-5-6-11(2)8-13/h5-8,12,14,19H,4,9-10H2,1-3H3,(H,17,20)(H,18,21). The largest absolute Gasteiger partial charge is 0.391 e. The van der Waals surface area contributed by atoms with Crippen molar-refractivity contribution in [1.29, 1.82) is 0 Å². The molecule has 5 heteroatoms.